The summed E-state index contributed by atoms with van der Waals surface area (Å²) in [4.78, 5) is 27.2. The Morgan fingerprint density at radius 3 is 2.35 bits per heavy atom. The smallest absolute Gasteiger partial charge is 0.411 e. The molecule has 10 heteroatoms. The second-order valence-corrected chi connectivity index (χ2v) is 6.35. The van der Waals surface area contributed by atoms with Gasteiger partial charge in [-0.05, 0) is 26.3 Å². The molecule has 0 radical (unpaired) electrons. The first-order valence-corrected chi connectivity index (χ1v) is 7.21. The Morgan fingerprint density at radius 2 is 1.87 bits per heavy atom. The maximum atomic E-state index is 12.4. The summed E-state index contributed by atoms with van der Waals surface area (Å²) in [6, 6.07) is -1.82. The molecule has 0 unspecified atom stereocenters. The van der Waals surface area contributed by atoms with Gasteiger partial charge >= 0.3 is 6.09 Å². The molecule has 1 aliphatic rings. The van der Waals surface area contributed by atoms with E-state index >= 15 is 0 Å². The molecule has 0 aromatic heterocycles. The molecule has 1 heterocycles. The van der Waals surface area contributed by atoms with Crippen molar-refractivity contribution < 1.29 is 24.5 Å². The highest BCUT2D eigenvalue weighted by atomic mass is 16.6. The van der Waals surface area contributed by atoms with Crippen LogP contribution in [0.25, 0.3) is 10.4 Å². The van der Waals surface area contributed by atoms with Crippen LogP contribution in [0.4, 0.5) is 4.79 Å². The molecule has 2 amide bonds. The molecule has 0 spiro atoms. The first kappa shape index (κ1) is 19.0. The average molecular weight is 329 g/mol. The summed E-state index contributed by atoms with van der Waals surface area (Å²) in [6.45, 7) is 6.06. The van der Waals surface area contributed by atoms with Crippen LogP contribution in [-0.4, -0.2) is 70.1 Å². The van der Waals surface area contributed by atoms with Gasteiger partial charge in [0.25, 0.3) is 0 Å². The maximum Gasteiger partial charge on any atom is 0.411 e. The summed E-state index contributed by atoms with van der Waals surface area (Å²) < 4.78 is 5.28. The molecule has 1 aliphatic heterocycles. The van der Waals surface area contributed by atoms with Crippen molar-refractivity contribution in [3.8, 4) is 0 Å². The Bertz CT molecular complexity index is 499. The summed E-state index contributed by atoms with van der Waals surface area (Å²) in [5, 5.41) is 26.2. The minimum absolute atomic E-state index is 0.0560. The number of carbonyl (C=O) groups excluding carboxylic acids is 2. The Labute approximate surface area is 134 Å². The lowest BCUT2D eigenvalue weighted by Gasteiger charge is -2.32. The normalized spacial score (nSPS) is 27.3. The molecule has 0 bridgehead atoms. The van der Waals surface area contributed by atoms with Gasteiger partial charge in [0.05, 0.1) is 12.1 Å². The van der Waals surface area contributed by atoms with E-state index in [1.807, 2.05) is 0 Å². The largest absolute Gasteiger partial charge is 0.444 e. The SMILES string of the molecule is CC(=O)NC[C@@H]1[C@@H](O)[C@H](O)[C@@H](CN=[N+]=[N-])N1C(=O)OC(C)(C)C. The number of amides is 2. The van der Waals surface area contributed by atoms with Crippen molar-refractivity contribution in [2.24, 2.45) is 5.11 Å². The van der Waals surface area contributed by atoms with Crippen molar-refractivity contribution in [1.29, 1.82) is 0 Å². The van der Waals surface area contributed by atoms with Crippen LogP contribution in [0, 0.1) is 0 Å². The van der Waals surface area contributed by atoms with Gasteiger partial charge in [-0.1, -0.05) is 5.11 Å². The number of nitrogens with one attached hydrogen (secondary N) is 1. The van der Waals surface area contributed by atoms with E-state index < -0.39 is 36.0 Å². The van der Waals surface area contributed by atoms with Gasteiger partial charge in [-0.3, -0.25) is 9.69 Å². The number of ether oxygens (including phenoxy) is 1. The fourth-order valence-electron chi connectivity index (χ4n) is 2.40. The van der Waals surface area contributed by atoms with E-state index in [4.69, 9.17) is 10.3 Å². The van der Waals surface area contributed by atoms with Crippen LogP contribution in [-0.2, 0) is 9.53 Å². The molecule has 0 aliphatic carbocycles. The Balaban J connectivity index is 3.06. The van der Waals surface area contributed by atoms with Crippen molar-refractivity contribution in [3.63, 3.8) is 0 Å². The number of azide groups is 1. The predicted octanol–water partition coefficient (Wildman–Crippen LogP) is 0.143. The van der Waals surface area contributed by atoms with Gasteiger partial charge in [-0.25, -0.2) is 4.79 Å². The molecule has 10 nitrogen and oxygen atoms in total. The molecule has 1 rings (SSSR count). The molecular formula is C13H23N5O5. The molecule has 1 saturated heterocycles. The number of aliphatic hydroxyl groups excluding tert-OH is 2. The molecule has 23 heavy (non-hydrogen) atoms. The van der Waals surface area contributed by atoms with Crippen molar-refractivity contribution in [2.45, 2.75) is 57.6 Å². The van der Waals surface area contributed by atoms with Crippen LogP contribution in [0.5, 0.6) is 0 Å². The second kappa shape index (κ2) is 7.49. The summed E-state index contributed by atoms with van der Waals surface area (Å²) in [5.41, 5.74) is 7.67. The standard InChI is InChI=1S/C13H23N5O5/c1-7(19)15-5-8-10(20)11(21)9(6-16-17-14)18(8)12(22)23-13(2,3)4/h8-11,20-21H,5-6H2,1-4H3,(H,15,19)/t8-,9-,10-,11-/m1/s1. The number of aliphatic hydroxyl groups is 2. The third kappa shape index (κ3) is 4.98. The lowest BCUT2D eigenvalue weighted by atomic mass is 10.1. The average Bonchev–Trinajstić information content (AvgIpc) is 2.65. The number of hydrogen-bond donors (Lipinski definition) is 3. The van der Waals surface area contributed by atoms with Gasteiger partial charge in [0.15, 0.2) is 0 Å². The fourth-order valence-corrected chi connectivity index (χ4v) is 2.40. The third-order valence-corrected chi connectivity index (χ3v) is 3.35. The summed E-state index contributed by atoms with van der Waals surface area (Å²) in [6.07, 6.45) is -3.37. The molecular weight excluding hydrogens is 306 g/mol. The van der Waals surface area contributed by atoms with E-state index in [0.29, 0.717) is 0 Å². The summed E-state index contributed by atoms with van der Waals surface area (Å²) in [7, 11) is 0. The van der Waals surface area contributed by atoms with Crippen LogP contribution >= 0.6 is 0 Å². The highest BCUT2D eigenvalue weighted by Gasteiger charge is 2.50. The molecule has 130 valence electrons. The van der Waals surface area contributed by atoms with Crippen molar-refractivity contribution in [2.75, 3.05) is 13.1 Å². The Morgan fingerprint density at radius 1 is 1.30 bits per heavy atom. The van der Waals surface area contributed by atoms with Gasteiger partial charge in [-0.2, -0.15) is 0 Å². The zero-order chi connectivity index (χ0) is 17.8. The zero-order valence-electron chi connectivity index (χ0n) is 13.6. The summed E-state index contributed by atoms with van der Waals surface area (Å²) >= 11 is 0. The molecule has 3 N–H and O–H groups in total. The molecule has 4 atom stereocenters. The Hall–Kier alpha value is -2.03. The van der Waals surface area contributed by atoms with Gasteiger partial charge < -0.3 is 20.3 Å². The van der Waals surface area contributed by atoms with Crippen LogP contribution < -0.4 is 5.32 Å². The van der Waals surface area contributed by atoms with Crippen molar-refractivity contribution in [1.82, 2.24) is 10.2 Å². The van der Waals surface area contributed by atoms with Crippen LogP contribution in [0.15, 0.2) is 5.11 Å². The van der Waals surface area contributed by atoms with Crippen LogP contribution in [0.3, 0.4) is 0 Å². The number of carbonyl (C=O) groups is 2. The van der Waals surface area contributed by atoms with Crippen LogP contribution in [0.2, 0.25) is 0 Å². The monoisotopic (exact) mass is 329 g/mol. The van der Waals surface area contributed by atoms with E-state index in [9.17, 15) is 19.8 Å². The molecule has 1 fully saturated rings. The highest BCUT2D eigenvalue weighted by Crippen LogP contribution is 2.28. The van der Waals surface area contributed by atoms with Gasteiger partial charge in [0.2, 0.25) is 5.91 Å². The van der Waals surface area contributed by atoms with Crippen molar-refractivity contribution >= 4 is 12.0 Å². The second-order valence-electron chi connectivity index (χ2n) is 6.35. The van der Waals surface area contributed by atoms with E-state index in [1.165, 1.54) is 6.92 Å². The molecule has 0 saturated carbocycles. The number of rotatable bonds is 4. The minimum Gasteiger partial charge on any atom is -0.444 e. The summed E-state index contributed by atoms with van der Waals surface area (Å²) in [5.74, 6) is -0.339. The molecule has 0 aromatic rings. The zero-order valence-corrected chi connectivity index (χ0v) is 13.6. The van der Waals surface area contributed by atoms with Gasteiger partial charge in [-0.15, -0.1) is 0 Å². The predicted molar refractivity (Wildman–Crippen MR) is 80.4 cm³/mol. The van der Waals surface area contributed by atoms with Gasteiger partial charge in [0, 0.05) is 24.9 Å². The fraction of sp³-hybridized carbons (Fsp3) is 0.846. The first-order chi connectivity index (χ1) is 10.6. The maximum absolute atomic E-state index is 12.4. The number of nitrogens with zero attached hydrogens (tertiary/aromatic N) is 4. The topological polar surface area (TPSA) is 148 Å². The lowest BCUT2D eigenvalue weighted by Crippen LogP contribution is -2.51. The third-order valence-electron chi connectivity index (χ3n) is 3.35. The van der Waals surface area contributed by atoms with Gasteiger partial charge in [0.1, 0.15) is 17.8 Å². The van der Waals surface area contributed by atoms with Crippen LogP contribution in [0.1, 0.15) is 27.7 Å². The minimum atomic E-state index is -1.31. The van der Waals surface area contributed by atoms with E-state index in [2.05, 4.69) is 15.3 Å². The highest BCUT2D eigenvalue weighted by molar-refractivity contribution is 5.73. The molecule has 0 aromatic carbocycles. The number of hydrogen-bond acceptors (Lipinski definition) is 6. The first-order valence-electron chi connectivity index (χ1n) is 7.21. The number of likely N-dealkylation sites (tertiary alicyclic amines) is 1. The Kier molecular flexibility index (Phi) is 6.20. The van der Waals surface area contributed by atoms with E-state index in [-0.39, 0.29) is 19.0 Å². The quantitative estimate of drug-likeness (QED) is 0.381. The van der Waals surface area contributed by atoms with Crippen molar-refractivity contribution in [3.05, 3.63) is 10.4 Å². The lowest BCUT2D eigenvalue weighted by molar-refractivity contribution is -0.119. The van der Waals surface area contributed by atoms with E-state index in [1.54, 1.807) is 20.8 Å². The van der Waals surface area contributed by atoms with E-state index in [0.717, 1.165) is 4.90 Å².